The fourth-order valence-corrected chi connectivity index (χ4v) is 8.03. The van der Waals surface area contributed by atoms with Crippen molar-refractivity contribution in [3.8, 4) is 0 Å². The van der Waals surface area contributed by atoms with Crippen molar-refractivity contribution < 1.29 is 31.1 Å². The van der Waals surface area contributed by atoms with Gasteiger partial charge in [0, 0.05) is 68.7 Å². The van der Waals surface area contributed by atoms with E-state index in [4.69, 9.17) is 9.72 Å². The van der Waals surface area contributed by atoms with E-state index >= 15 is 0 Å². The van der Waals surface area contributed by atoms with Gasteiger partial charge in [-0.25, -0.2) is 18.4 Å². The molecule has 3 atom stereocenters. The number of halogens is 3. The van der Waals surface area contributed by atoms with E-state index in [0.717, 1.165) is 60.8 Å². The predicted molar refractivity (Wildman–Crippen MR) is 173 cm³/mol. The third-order valence-electron chi connectivity index (χ3n) is 9.64. The Morgan fingerprint density at radius 1 is 1.11 bits per heavy atom. The lowest BCUT2D eigenvalue weighted by molar-refractivity contribution is -0.126. The summed E-state index contributed by atoms with van der Waals surface area (Å²) < 4.78 is 68.5. The molecule has 47 heavy (non-hydrogen) atoms. The van der Waals surface area contributed by atoms with Gasteiger partial charge in [-0.1, -0.05) is 12.6 Å². The van der Waals surface area contributed by atoms with E-state index in [1.54, 1.807) is 37.4 Å². The summed E-state index contributed by atoms with van der Waals surface area (Å²) in [5.41, 5.74) is -3.63. The Balaban J connectivity index is 1.32. The van der Waals surface area contributed by atoms with Crippen molar-refractivity contribution in [2.45, 2.75) is 56.3 Å². The monoisotopic (exact) mass is 673 g/mol. The molecular weight excluding hydrogens is 635 g/mol. The zero-order valence-electron chi connectivity index (χ0n) is 26.3. The van der Waals surface area contributed by atoms with Gasteiger partial charge in [0.05, 0.1) is 17.9 Å². The van der Waals surface area contributed by atoms with Crippen LogP contribution in [0, 0.1) is 5.92 Å². The number of hydrogen-bond donors (Lipinski definition) is 1. The summed E-state index contributed by atoms with van der Waals surface area (Å²) in [7, 11) is -3.51. The van der Waals surface area contributed by atoms with Gasteiger partial charge in [0.15, 0.2) is 0 Å². The molecular formula is C32H38F3N7O4S. The van der Waals surface area contributed by atoms with Crippen LogP contribution in [0.5, 0.6) is 0 Å². The number of anilines is 4. The number of hydrogen-bond acceptors (Lipinski definition) is 10. The highest BCUT2D eigenvalue weighted by Gasteiger charge is 2.50. The number of fused-ring (bicyclic) bond motifs is 1. The maximum atomic E-state index is 13.1. The number of carbonyl (C=O) groups is 1. The van der Waals surface area contributed by atoms with Crippen LogP contribution in [0.4, 0.5) is 36.4 Å². The topological polar surface area (TPSA) is 121 Å². The third kappa shape index (κ3) is 6.47. The van der Waals surface area contributed by atoms with Crippen molar-refractivity contribution >= 4 is 49.8 Å². The van der Waals surface area contributed by atoms with Crippen molar-refractivity contribution in [1.29, 1.82) is 0 Å². The number of piperidine rings is 1. The van der Waals surface area contributed by atoms with E-state index in [0.29, 0.717) is 24.1 Å². The first kappa shape index (κ1) is 32.9. The smallest absolute Gasteiger partial charge is 0.381 e. The van der Waals surface area contributed by atoms with Crippen molar-refractivity contribution in [3.05, 3.63) is 54.9 Å². The normalized spacial score (nSPS) is 22.4. The molecule has 3 aliphatic rings. The van der Waals surface area contributed by atoms with Crippen LogP contribution in [0.25, 0.3) is 10.8 Å². The molecule has 1 aromatic carbocycles. The Hall–Kier alpha value is -3.98. The van der Waals surface area contributed by atoms with Gasteiger partial charge >= 0.3 is 5.51 Å². The lowest BCUT2D eigenvalue weighted by Crippen LogP contribution is -2.58. The molecule has 6 rings (SSSR count). The molecule has 0 unspecified atom stereocenters. The van der Waals surface area contributed by atoms with Crippen LogP contribution in [-0.2, 0) is 19.4 Å². The Morgan fingerprint density at radius 3 is 2.55 bits per heavy atom. The van der Waals surface area contributed by atoms with Crippen LogP contribution in [0.3, 0.4) is 0 Å². The summed E-state index contributed by atoms with van der Waals surface area (Å²) in [6, 6.07) is 6.83. The number of pyridine rings is 1. The number of nitrogens with one attached hydrogen (secondary N) is 1. The van der Waals surface area contributed by atoms with Gasteiger partial charge in [0.1, 0.15) is 11.6 Å². The Labute approximate surface area is 271 Å². The standard InChI is InChI=1S/C32H38F3N7O4S/c1-4-30(43)41-13-5-6-26(41)23-7-8-27(42-18-21(20(42)2)19-47(44,45)32(33,34)35)25-17-37-29(16-24(23)25)38-28-9-12-36-31(39-28)40-14-10-22(46-3)11-15-40/h4,7-9,12,16-17,20-22,26H,1,5-6,10-11,13-15,18-19H2,2-3H3,(H,36,37,38,39)/t20-,21-,26+/m1/s1. The van der Waals surface area contributed by atoms with Crippen LogP contribution in [-0.4, -0.2) is 90.9 Å². The molecule has 15 heteroatoms. The molecule has 0 bridgehead atoms. The molecule has 2 aromatic heterocycles. The maximum Gasteiger partial charge on any atom is 0.497 e. The van der Waals surface area contributed by atoms with Crippen molar-refractivity contribution in [1.82, 2.24) is 19.9 Å². The number of sulfone groups is 1. The van der Waals surface area contributed by atoms with Crippen LogP contribution < -0.4 is 15.1 Å². The molecule has 1 N–H and O–H groups in total. The highest BCUT2D eigenvalue weighted by atomic mass is 32.2. The molecule has 5 heterocycles. The van der Waals surface area contributed by atoms with Crippen LogP contribution in [0.2, 0.25) is 0 Å². The minimum atomic E-state index is -5.28. The SMILES string of the molecule is C=CC(=O)N1CCC[C@H]1c1ccc(N2C[C@H](CS(=O)(=O)C(F)(F)F)[C@H]2C)c2cnc(Nc3ccnc(N4CCC(OC)CC4)n3)cc12. The van der Waals surface area contributed by atoms with E-state index in [2.05, 4.69) is 26.8 Å². The number of nitrogens with zero attached hydrogens (tertiary/aromatic N) is 6. The van der Waals surface area contributed by atoms with Crippen molar-refractivity contribution in [2.75, 3.05) is 54.2 Å². The molecule has 0 spiro atoms. The molecule has 11 nitrogen and oxygen atoms in total. The quantitative estimate of drug-likeness (QED) is 0.311. The zero-order valence-corrected chi connectivity index (χ0v) is 27.1. The first-order valence-corrected chi connectivity index (χ1v) is 17.3. The summed E-state index contributed by atoms with van der Waals surface area (Å²) in [4.78, 5) is 32.4. The summed E-state index contributed by atoms with van der Waals surface area (Å²) in [6.45, 7) is 7.70. The maximum absolute atomic E-state index is 13.1. The van der Waals surface area contributed by atoms with Gasteiger partial charge in [-0.3, -0.25) is 4.79 Å². The number of ether oxygens (including phenoxy) is 1. The fraction of sp³-hybridized carbons (Fsp3) is 0.500. The number of methoxy groups -OCH3 is 1. The molecule has 1 amide bonds. The van der Waals surface area contributed by atoms with Gasteiger partial charge in [0.25, 0.3) is 0 Å². The lowest BCUT2D eigenvalue weighted by Gasteiger charge is -2.48. The first-order chi connectivity index (χ1) is 22.4. The summed E-state index contributed by atoms with van der Waals surface area (Å²) in [6.07, 6.45) is 8.28. The van der Waals surface area contributed by atoms with Gasteiger partial charge in [-0.2, -0.15) is 18.2 Å². The lowest BCUT2D eigenvalue weighted by atomic mass is 9.89. The largest absolute Gasteiger partial charge is 0.497 e. The highest BCUT2D eigenvalue weighted by Crippen LogP contribution is 2.43. The molecule has 3 aromatic rings. The number of aromatic nitrogens is 3. The Bertz CT molecular complexity index is 1770. The highest BCUT2D eigenvalue weighted by molar-refractivity contribution is 7.92. The van der Waals surface area contributed by atoms with E-state index in [9.17, 15) is 26.4 Å². The zero-order chi connectivity index (χ0) is 33.5. The van der Waals surface area contributed by atoms with Crippen LogP contribution >= 0.6 is 0 Å². The van der Waals surface area contributed by atoms with Crippen LogP contribution in [0.15, 0.2) is 49.3 Å². The van der Waals surface area contributed by atoms with E-state index in [1.165, 1.54) is 6.08 Å². The number of alkyl halides is 3. The summed E-state index contributed by atoms with van der Waals surface area (Å²) >= 11 is 0. The van der Waals surface area contributed by atoms with Gasteiger partial charge in [-0.05, 0) is 67.8 Å². The van der Waals surface area contributed by atoms with Crippen molar-refractivity contribution in [2.24, 2.45) is 5.92 Å². The second kappa shape index (κ2) is 12.9. The minimum Gasteiger partial charge on any atom is -0.381 e. The van der Waals surface area contributed by atoms with Gasteiger partial charge in [-0.15, -0.1) is 0 Å². The molecule has 0 aliphatic carbocycles. The number of amides is 1. The Morgan fingerprint density at radius 2 is 1.87 bits per heavy atom. The molecule has 3 fully saturated rings. The van der Waals surface area contributed by atoms with Gasteiger partial charge < -0.3 is 24.8 Å². The van der Waals surface area contributed by atoms with E-state index in [-0.39, 0.29) is 24.6 Å². The second-order valence-electron chi connectivity index (χ2n) is 12.4. The minimum absolute atomic E-state index is 0.154. The third-order valence-corrected chi connectivity index (χ3v) is 11.2. The molecule has 0 saturated carbocycles. The first-order valence-electron chi connectivity index (χ1n) is 15.7. The van der Waals surface area contributed by atoms with E-state index < -0.39 is 33.1 Å². The second-order valence-corrected chi connectivity index (χ2v) is 14.4. The van der Waals surface area contributed by atoms with Gasteiger partial charge in [0.2, 0.25) is 21.7 Å². The van der Waals surface area contributed by atoms with Crippen LogP contribution in [0.1, 0.15) is 44.2 Å². The molecule has 3 saturated heterocycles. The van der Waals surface area contributed by atoms with Crippen molar-refractivity contribution in [3.63, 3.8) is 0 Å². The summed E-state index contributed by atoms with van der Waals surface area (Å²) in [5, 5.41) is 4.87. The average molecular weight is 674 g/mol. The molecule has 252 valence electrons. The molecule has 0 radical (unpaired) electrons. The number of benzene rings is 1. The fourth-order valence-electron chi connectivity index (χ4n) is 6.89. The average Bonchev–Trinajstić information content (AvgIpc) is 3.55. The predicted octanol–water partition coefficient (Wildman–Crippen LogP) is 4.99. The number of likely N-dealkylation sites (tertiary alicyclic amines) is 1. The number of carbonyl (C=O) groups excluding carboxylic acids is 1. The molecule has 3 aliphatic heterocycles. The Kier molecular flexibility index (Phi) is 9.04. The van der Waals surface area contributed by atoms with E-state index in [1.807, 2.05) is 23.1 Å². The summed E-state index contributed by atoms with van der Waals surface area (Å²) in [5.74, 6) is -0.112. The number of rotatable bonds is 9.